The van der Waals surface area contributed by atoms with Crippen LogP contribution < -0.4 is 10.6 Å². The molecule has 0 saturated carbocycles. The number of carbonyl (C=O) groups is 2. The zero-order chi connectivity index (χ0) is 25.9. The maximum atomic E-state index is 13.2. The van der Waals surface area contributed by atoms with Gasteiger partial charge in [-0.3, -0.25) is 9.59 Å². The molecule has 8 heteroatoms. The molecule has 0 aliphatic carbocycles. The first-order chi connectivity index (χ1) is 17.1. The molecule has 0 bridgehead atoms. The van der Waals surface area contributed by atoms with E-state index in [-0.39, 0.29) is 17.9 Å². The molecule has 1 aliphatic heterocycles. The van der Waals surface area contributed by atoms with Gasteiger partial charge in [-0.25, -0.2) is 8.42 Å². The molecule has 0 spiro atoms. The fraction of sp³-hybridized carbons (Fsp3) is 0.357. The number of aryl methyl sites for hydroxylation is 1. The number of hydrogen-bond acceptors (Lipinski definition) is 4. The van der Waals surface area contributed by atoms with Gasteiger partial charge in [0.25, 0.3) is 5.91 Å². The third-order valence-corrected chi connectivity index (χ3v) is 8.11. The van der Waals surface area contributed by atoms with Crippen LogP contribution in [0.15, 0.2) is 60.7 Å². The van der Waals surface area contributed by atoms with Crippen molar-refractivity contribution in [1.82, 2.24) is 9.62 Å². The van der Waals surface area contributed by atoms with Crippen molar-refractivity contribution in [2.24, 2.45) is 0 Å². The van der Waals surface area contributed by atoms with Gasteiger partial charge in [-0.1, -0.05) is 61.4 Å². The van der Waals surface area contributed by atoms with E-state index in [0.717, 1.165) is 47.4 Å². The van der Waals surface area contributed by atoms with Crippen LogP contribution in [0.5, 0.6) is 0 Å². The van der Waals surface area contributed by atoms with E-state index in [2.05, 4.69) is 10.6 Å². The van der Waals surface area contributed by atoms with Gasteiger partial charge in [0.05, 0.1) is 12.3 Å². The number of anilines is 1. The van der Waals surface area contributed by atoms with Gasteiger partial charge < -0.3 is 10.6 Å². The summed E-state index contributed by atoms with van der Waals surface area (Å²) in [6.07, 6.45) is 4.03. The minimum Gasteiger partial charge on any atom is -0.345 e. The van der Waals surface area contributed by atoms with E-state index in [1.54, 1.807) is 18.2 Å². The lowest BCUT2D eigenvalue weighted by Crippen LogP contribution is -2.46. The van der Waals surface area contributed by atoms with Crippen molar-refractivity contribution in [1.29, 1.82) is 0 Å². The fourth-order valence-electron chi connectivity index (χ4n) is 4.89. The summed E-state index contributed by atoms with van der Waals surface area (Å²) in [6, 6.07) is 18.3. The highest BCUT2D eigenvalue weighted by molar-refractivity contribution is 7.88. The predicted molar refractivity (Wildman–Crippen MR) is 143 cm³/mol. The van der Waals surface area contributed by atoms with Crippen LogP contribution in [0.1, 0.15) is 60.1 Å². The highest BCUT2D eigenvalue weighted by atomic mass is 32.2. The molecule has 0 radical (unpaired) electrons. The summed E-state index contributed by atoms with van der Waals surface area (Å²) in [7, 11) is -3.51. The average molecular weight is 508 g/mol. The first-order valence-corrected chi connectivity index (χ1v) is 14.2. The normalized spacial score (nSPS) is 17.8. The number of rotatable bonds is 6. The second-order valence-electron chi connectivity index (χ2n) is 9.52. The smallest absolute Gasteiger partial charge is 0.252 e. The number of benzene rings is 3. The molecule has 2 atom stereocenters. The molecule has 36 heavy (non-hydrogen) atoms. The summed E-state index contributed by atoms with van der Waals surface area (Å²) in [4.78, 5) is 26.4. The van der Waals surface area contributed by atoms with Crippen LogP contribution in [0.2, 0.25) is 0 Å². The number of fused-ring (bicyclic) bond motifs is 1. The van der Waals surface area contributed by atoms with Crippen molar-refractivity contribution in [2.45, 2.75) is 51.6 Å². The maximum Gasteiger partial charge on any atom is 0.252 e. The number of amides is 2. The number of nitrogens with zero attached hydrogens (tertiary/aromatic N) is 1. The van der Waals surface area contributed by atoms with Crippen molar-refractivity contribution in [3.05, 3.63) is 77.4 Å². The van der Waals surface area contributed by atoms with Crippen LogP contribution in [-0.2, 0) is 14.8 Å². The van der Waals surface area contributed by atoms with Gasteiger partial charge in [-0.2, -0.15) is 4.31 Å². The Kier molecular flexibility index (Phi) is 7.76. The molecular formula is C28H33N3O4S. The molecule has 0 aromatic heterocycles. The van der Waals surface area contributed by atoms with E-state index in [9.17, 15) is 18.0 Å². The quantitative estimate of drug-likeness (QED) is 0.502. The Morgan fingerprint density at radius 3 is 2.53 bits per heavy atom. The van der Waals surface area contributed by atoms with Gasteiger partial charge in [0.2, 0.25) is 15.9 Å². The van der Waals surface area contributed by atoms with Crippen LogP contribution in [0.4, 0.5) is 5.69 Å². The van der Waals surface area contributed by atoms with Crippen LogP contribution in [-0.4, -0.2) is 43.4 Å². The largest absolute Gasteiger partial charge is 0.345 e. The fourth-order valence-corrected chi connectivity index (χ4v) is 6.02. The zero-order valence-electron chi connectivity index (χ0n) is 21.0. The molecule has 190 valence electrons. The second-order valence-corrected chi connectivity index (χ2v) is 11.5. The Bertz CT molecular complexity index is 1380. The first-order valence-electron chi connectivity index (χ1n) is 12.3. The van der Waals surface area contributed by atoms with Gasteiger partial charge in [0.1, 0.15) is 6.04 Å². The van der Waals surface area contributed by atoms with Crippen molar-refractivity contribution in [2.75, 3.05) is 18.1 Å². The standard InChI is InChI=1S/C28H33N3O4S/c1-19-15-16-22(30-28(33)26-14-5-4-8-17-31(26)36(3,34)35)18-25(19)27(32)29-20(2)23-13-9-11-21-10-6-7-12-24(21)23/h6-7,9-13,15-16,18,20,26H,4-5,8,14,17H2,1-3H3,(H,29,32)(H,30,33)/t20-,26?/m1/s1. The highest BCUT2D eigenvalue weighted by Gasteiger charge is 2.33. The lowest BCUT2D eigenvalue weighted by molar-refractivity contribution is -0.119. The molecule has 1 saturated heterocycles. The van der Waals surface area contributed by atoms with Crippen molar-refractivity contribution in [3.63, 3.8) is 0 Å². The lowest BCUT2D eigenvalue weighted by Gasteiger charge is -2.26. The molecule has 2 N–H and O–H groups in total. The van der Waals surface area contributed by atoms with E-state index in [0.29, 0.717) is 24.2 Å². The summed E-state index contributed by atoms with van der Waals surface area (Å²) >= 11 is 0. The minimum absolute atomic E-state index is 0.226. The molecule has 4 rings (SSSR count). The van der Waals surface area contributed by atoms with E-state index < -0.39 is 16.1 Å². The second kappa shape index (κ2) is 10.8. The number of nitrogens with one attached hydrogen (secondary N) is 2. The van der Waals surface area contributed by atoms with E-state index in [4.69, 9.17) is 0 Å². The summed E-state index contributed by atoms with van der Waals surface area (Å²) in [5.74, 6) is -0.613. The van der Waals surface area contributed by atoms with Crippen LogP contribution in [0.3, 0.4) is 0 Å². The van der Waals surface area contributed by atoms with E-state index in [1.165, 1.54) is 4.31 Å². The van der Waals surface area contributed by atoms with Gasteiger partial charge in [-0.15, -0.1) is 0 Å². The highest BCUT2D eigenvalue weighted by Crippen LogP contribution is 2.26. The minimum atomic E-state index is -3.51. The zero-order valence-corrected chi connectivity index (χ0v) is 21.8. The van der Waals surface area contributed by atoms with Gasteiger partial charge in [0.15, 0.2) is 0 Å². The molecule has 7 nitrogen and oxygen atoms in total. The molecule has 3 aromatic rings. The molecule has 1 heterocycles. The van der Waals surface area contributed by atoms with Crippen LogP contribution in [0, 0.1) is 6.92 Å². The Morgan fingerprint density at radius 1 is 1.00 bits per heavy atom. The third-order valence-electron chi connectivity index (χ3n) is 6.82. The summed E-state index contributed by atoms with van der Waals surface area (Å²) in [5, 5.41) is 8.13. The van der Waals surface area contributed by atoms with E-state index in [1.807, 2.05) is 56.3 Å². The topological polar surface area (TPSA) is 95.6 Å². The summed E-state index contributed by atoms with van der Waals surface area (Å²) in [6.45, 7) is 4.14. The van der Waals surface area contributed by atoms with Crippen molar-refractivity contribution < 1.29 is 18.0 Å². The first kappa shape index (κ1) is 25.9. The number of carbonyl (C=O) groups excluding carboxylic acids is 2. The van der Waals surface area contributed by atoms with Crippen LogP contribution in [0.25, 0.3) is 10.8 Å². The number of hydrogen-bond donors (Lipinski definition) is 2. The Balaban J connectivity index is 1.52. The molecular weight excluding hydrogens is 474 g/mol. The van der Waals surface area contributed by atoms with Crippen LogP contribution >= 0.6 is 0 Å². The lowest BCUT2D eigenvalue weighted by atomic mass is 9.99. The molecule has 1 fully saturated rings. The SMILES string of the molecule is Cc1ccc(NC(=O)C2CCCCCN2S(C)(=O)=O)cc1C(=O)N[C@H](C)c1cccc2ccccc12. The Labute approximate surface area is 212 Å². The Morgan fingerprint density at radius 2 is 1.75 bits per heavy atom. The summed E-state index contributed by atoms with van der Waals surface area (Å²) < 4.78 is 25.9. The monoisotopic (exact) mass is 507 g/mol. The van der Waals surface area contributed by atoms with Gasteiger partial charge in [0, 0.05) is 17.8 Å². The molecule has 3 aromatic carbocycles. The summed E-state index contributed by atoms with van der Waals surface area (Å²) in [5.41, 5.74) is 2.73. The van der Waals surface area contributed by atoms with Gasteiger partial charge >= 0.3 is 0 Å². The van der Waals surface area contributed by atoms with Gasteiger partial charge in [-0.05, 0) is 60.7 Å². The molecule has 2 amide bonds. The predicted octanol–water partition coefficient (Wildman–Crippen LogP) is 4.78. The van der Waals surface area contributed by atoms with Crippen molar-refractivity contribution in [3.8, 4) is 0 Å². The Hall–Kier alpha value is -3.23. The van der Waals surface area contributed by atoms with E-state index >= 15 is 0 Å². The maximum absolute atomic E-state index is 13.2. The molecule has 1 unspecified atom stereocenters. The average Bonchev–Trinajstić information content (AvgIpc) is 3.11. The number of sulfonamides is 1. The van der Waals surface area contributed by atoms with Crippen molar-refractivity contribution >= 4 is 38.3 Å². The molecule has 1 aliphatic rings. The third kappa shape index (κ3) is 5.77.